The third-order valence-electron chi connectivity index (χ3n) is 3.67. The largest absolute Gasteiger partial charge is 0.497 e. The molecule has 1 aliphatic rings. The molecule has 0 amide bonds. The Hall–Kier alpha value is -1.11. The van der Waals surface area contributed by atoms with E-state index in [1.54, 1.807) is 11.4 Å². The predicted molar refractivity (Wildman–Crippen MR) is 82.0 cm³/mol. The van der Waals surface area contributed by atoms with Gasteiger partial charge in [0.25, 0.3) is 0 Å². The first-order chi connectivity index (χ1) is 10.1. The van der Waals surface area contributed by atoms with Gasteiger partial charge in [0.05, 0.1) is 25.6 Å². The summed E-state index contributed by atoms with van der Waals surface area (Å²) in [6.07, 6.45) is 1.37. The van der Waals surface area contributed by atoms with E-state index in [-0.39, 0.29) is 11.9 Å². The highest BCUT2D eigenvalue weighted by atomic mass is 32.2. The quantitative estimate of drug-likeness (QED) is 0.808. The lowest BCUT2D eigenvalue weighted by atomic mass is 10.1. The van der Waals surface area contributed by atoms with E-state index in [9.17, 15) is 8.42 Å². The van der Waals surface area contributed by atoms with Crippen LogP contribution in [0.1, 0.15) is 31.4 Å². The lowest BCUT2D eigenvalue weighted by Crippen LogP contribution is -2.43. The number of sulfonamides is 1. The zero-order valence-corrected chi connectivity index (χ0v) is 13.4. The number of benzene rings is 1. The van der Waals surface area contributed by atoms with Crippen LogP contribution in [-0.2, 0) is 14.8 Å². The van der Waals surface area contributed by atoms with Crippen LogP contribution in [0.15, 0.2) is 24.3 Å². The van der Waals surface area contributed by atoms with Crippen molar-refractivity contribution in [2.75, 3.05) is 32.6 Å². The predicted octanol–water partition coefficient (Wildman–Crippen LogP) is 2.20. The van der Waals surface area contributed by atoms with Gasteiger partial charge in [-0.1, -0.05) is 25.5 Å². The molecule has 1 atom stereocenters. The van der Waals surface area contributed by atoms with Gasteiger partial charge in [0.1, 0.15) is 5.75 Å². The third-order valence-corrected chi connectivity index (χ3v) is 5.59. The van der Waals surface area contributed by atoms with Crippen molar-refractivity contribution in [2.45, 2.75) is 25.9 Å². The molecule has 118 valence electrons. The highest BCUT2D eigenvalue weighted by Crippen LogP contribution is 2.25. The number of hydrogen-bond donors (Lipinski definition) is 0. The van der Waals surface area contributed by atoms with Gasteiger partial charge >= 0.3 is 0 Å². The van der Waals surface area contributed by atoms with Gasteiger partial charge in [-0.15, -0.1) is 0 Å². The minimum atomic E-state index is -3.17. The van der Waals surface area contributed by atoms with Gasteiger partial charge in [-0.05, 0) is 24.1 Å². The minimum Gasteiger partial charge on any atom is -0.497 e. The van der Waals surface area contributed by atoms with Crippen molar-refractivity contribution < 1.29 is 17.9 Å². The van der Waals surface area contributed by atoms with Gasteiger partial charge in [0.15, 0.2) is 0 Å². The standard InChI is InChI=1S/C15H23NO4S/c1-3-4-11-21(17,18)16-9-10-20-15(12-16)13-5-7-14(19-2)8-6-13/h5-8,15H,3-4,9-12H2,1-2H3. The molecule has 0 N–H and O–H groups in total. The van der Waals surface area contributed by atoms with E-state index in [2.05, 4.69) is 0 Å². The lowest BCUT2D eigenvalue weighted by Gasteiger charge is -2.32. The van der Waals surface area contributed by atoms with Crippen molar-refractivity contribution in [3.05, 3.63) is 29.8 Å². The van der Waals surface area contributed by atoms with Crippen LogP contribution in [0.3, 0.4) is 0 Å². The van der Waals surface area contributed by atoms with E-state index in [0.717, 1.165) is 17.7 Å². The summed E-state index contributed by atoms with van der Waals surface area (Å²) in [5, 5.41) is 0. The number of methoxy groups -OCH3 is 1. The number of ether oxygens (including phenoxy) is 2. The summed E-state index contributed by atoms with van der Waals surface area (Å²) in [5.41, 5.74) is 0.978. The average molecular weight is 313 g/mol. The Morgan fingerprint density at radius 3 is 2.67 bits per heavy atom. The molecule has 21 heavy (non-hydrogen) atoms. The zero-order chi connectivity index (χ0) is 15.3. The Morgan fingerprint density at radius 1 is 1.33 bits per heavy atom. The van der Waals surface area contributed by atoms with E-state index in [4.69, 9.17) is 9.47 Å². The summed E-state index contributed by atoms with van der Waals surface area (Å²) in [7, 11) is -1.55. The van der Waals surface area contributed by atoms with Crippen LogP contribution in [0.4, 0.5) is 0 Å². The molecule has 1 aliphatic heterocycles. The van der Waals surface area contributed by atoms with E-state index in [1.165, 1.54) is 0 Å². The Morgan fingerprint density at radius 2 is 2.05 bits per heavy atom. The van der Waals surface area contributed by atoms with Crippen LogP contribution in [-0.4, -0.2) is 45.3 Å². The lowest BCUT2D eigenvalue weighted by molar-refractivity contribution is -0.00256. The van der Waals surface area contributed by atoms with Crippen molar-refractivity contribution in [1.82, 2.24) is 4.31 Å². The smallest absolute Gasteiger partial charge is 0.214 e. The molecule has 1 aromatic rings. The van der Waals surface area contributed by atoms with Crippen molar-refractivity contribution in [3.8, 4) is 5.75 Å². The maximum atomic E-state index is 12.3. The Balaban J connectivity index is 2.06. The fourth-order valence-electron chi connectivity index (χ4n) is 2.35. The first-order valence-electron chi connectivity index (χ1n) is 7.30. The molecular formula is C15H23NO4S. The van der Waals surface area contributed by atoms with E-state index in [1.807, 2.05) is 31.2 Å². The summed E-state index contributed by atoms with van der Waals surface area (Å²) in [5.74, 6) is 1.00. The first kappa shape index (κ1) is 16.3. The van der Waals surface area contributed by atoms with E-state index in [0.29, 0.717) is 26.1 Å². The van der Waals surface area contributed by atoms with Gasteiger partial charge in [-0.25, -0.2) is 8.42 Å². The summed E-state index contributed by atoms with van der Waals surface area (Å²) in [6.45, 7) is 3.26. The molecule has 0 radical (unpaired) electrons. The van der Waals surface area contributed by atoms with Gasteiger partial charge in [-0.2, -0.15) is 4.31 Å². The van der Waals surface area contributed by atoms with Gasteiger partial charge < -0.3 is 9.47 Å². The molecule has 1 aromatic carbocycles. The van der Waals surface area contributed by atoms with Crippen LogP contribution >= 0.6 is 0 Å². The molecule has 1 heterocycles. The second kappa shape index (κ2) is 7.24. The number of hydrogen-bond acceptors (Lipinski definition) is 4. The molecule has 1 unspecified atom stereocenters. The molecule has 1 saturated heterocycles. The summed E-state index contributed by atoms with van der Waals surface area (Å²) in [6, 6.07) is 7.57. The Bertz CT molecular complexity index is 541. The second-order valence-electron chi connectivity index (χ2n) is 5.16. The monoisotopic (exact) mass is 313 g/mol. The SMILES string of the molecule is CCCCS(=O)(=O)N1CCOC(c2ccc(OC)cc2)C1. The molecule has 0 aromatic heterocycles. The maximum absolute atomic E-state index is 12.3. The molecule has 1 fully saturated rings. The van der Waals surface area contributed by atoms with Gasteiger partial charge in [-0.3, -0.25) is 0 Å². The first-order valence-corrected chi connectivity index (χ1v) is 8.91. The minimum absolute atomic E-state index is 0.207. The Kier molecular flexibility index (Phi) is 5.61. The zero-order valence-electron chi connectivity index (χ0n) is 12.6. The highest BCUT2D eigenvalue weighted by molar-refractivity contribution is 7.89. The van der Waals surface area contributed by atoms with E-state index >= 15 is 0 Å². The van der Waals surface area contributed by atoms with Crippen molar-refractivity contribution in [2.24, 2.45) is 0 Å². The van der Waals surface area contributed by atoms with E-state index < -0.39 is 10.0 Å². The van der Waals surface area contributed by atoms with Gasteiger partial charge in [0, 0.05) is 13.1 Å². The summed E-state index contributed by atoms with van der Waals surface area (Å²) < 4.78 is 37.0. The molecule has 0 saturated carbocycles. The Labute approximate surface area is 126 Å². The van der Waals surface area contributed by atoms with Crippen molar-refractivity contribution >= 4 is 10.0 Å². The maximum Gasteiger partial charge on any atom is 0.214 e. The molecule has 0 bridgehead atoms. The van der Waals surface area contributed by atoms with Crippen LogP contribution in [0.5, 0.6) is 5.75 Å². The molecular weight excluding hydrogens is 290 g/mol. The average Bonchev–Trinajstić information content (AvgIpc) is 2.53. The summed E-state index contributed by atoms with van der Waals surface area (Å²) >= 11 is 0. The fraction of sp³-hybridized carbons (Fsp3) is 0.600. The second-order valence-corrected chi connectivity index (χ2v) is 7.25. The van der Waals surface area contributed by atoms with Crippen molar-refractivity contribution in [3.63, 3.8) is 0 Å². The van der Waals surface area contributed by atoms with Gasteiger partial charge in [0.2, 0.25) is 10.0 Å². The van der Waals surface area contributed by atoms with Crippen LogP contribution in [0, 0.1) is 0 Å². The van der Waals surface area contributed by atoms with Crippen LogP contribution < -0.4 is 4.74 Å². The number of nitrogens with zero attached hydrogens (tertiary/aromatic N) is 1. The van der Waals surface area contributed by atoms with Crippen molar-refractivity contribution in [1.29, 1.82) is 0 Å². The molecule has 2 rings (SSSR count). The molecule has 0 spiro atoms. The topological polar surface area (TPSA) is 55.8 Å². The summed E-state index contributed by atoms with van der Waals surface area (Å²) in [4.78, 5) is 0. The molecule has 6 heteroatoms. The highest BCUT2D eigenvalue weighted by Gasteiger charge is 2.29. The van der Waals surface area contributed by atoms with Crippen LogP contribution in [0.25, 0.3) is 0 Å². The normalized spacial score (nSPS) is 20.4. The number of morpholine rings is 1. The molecule has 5 nitrogen and oxygen atoms in total. The molecule has 0 aliphatic carbocycles. The third kappa shape index (κ3) is 4.18. The number of rotatable bonds is 6. The fourth-order valence-corrected chi connectivity index (χ4v) is 3.98. The van der Waals surface area contributed by atoms with Crippen LogP contribution in [0.2, 0.25) is 0 Å². The number of unbranched alkanes of at least 4 members (excludes halogenated alkanes) is 1.